The highest BCUT2D eigenvalue weighted by atomic mass is 32.2. The van der Waals surface area contributed by atoms with Crippen molar-refractivity contribution in [2.24, 2.45) is 0 Å². The molecule has 0 aromatic carbocycles. The first-order valence-corrected chi connectivity index (χ1v) is 20.6. The van der Waals surface area contributed by atoms with Gasteiger partial charge in [0, 0.05) is 0 Å². The zero-order chi connectivity index (χ0) is 33.4. The van der Waals surface area contributed by atoms with Crippen LogP contribution < -0.4 is 5.32 Å². The third-order valence-corrected chi connectivity index (χ3v) is 9.61. The van der Waals surface area contributed by atoms with Crippen molar-refractivity contribution in [3.63, 3.8) is 0 Å². The van der Waals surface area contributed by atoms with Gasteiger partial charge >= 0.3 is 0 Å². The highest BCUT2D eigenvalue weighted by Gasteiger charge is 2.28. The third-order valence-electron chi connectivity index (χ3n) is 8.83. The number of aliphatic hydroxyl groups is 2. The summed E-state index contributed by atoms with van der Waals surface area (Å²) in [7, 11) is -4.40. The van der Waals surface area contributed by atoms with Gasteiger partial charge in [0.05, 0.1) is 17.9 Å². The highest BCUT2D eigenvalue weighted by molar-refractivity contribution is 7.85. The molecule has 3 atom stereocenters. The molecule has 0 aliphatic carbocycles. The monoisotopic (exact) mass is 660 g/mol. The Labute approximate surface area is 278 Å². The lowest BCUT2D eigenvalue weighted by Crippen LogP contribution is -2.50. The molecular weight excluding hydrogens is 586 g/mol. The van der Waals surface area contributed by atoms with Crippen LogP contribution in [0.2, 0.25) is 0 Å². The van der Waals surface area contributed by atoms with Crippen LogP contribution in [0.15, 0.2) is 12.2 Å². The van der Waals surface area contributed by atoms with Gasteiger partial charge < -0.3 is 15.5 Å². The molecule has 0 saturated carbocycles. The molecule has 0 saturated heterocycles. The van der Waals surface area contributed by atoms with Gasteiger partial charge in [-0.15, -0.1) is 0 Å². The van der Waals surface area contributed by atoms with E-state index in [1.165, 1.54) is 103 Å². The summed E-state index contributed by atoms with van der Waals surface area (Å²) in [6, 6.07) is -1.15. The van der Waals surface area contributed by atoms with E-state index in [2.05, 4.69) is 31.3 Å². The van der Waals surface area contributed by atoms with E-state index in [0.29, 0.717) is 19.3 Å². The number of allylic oxidation sites excluding steroid dienone is 2. The summed E-state index contributed by atoms with van der Waals surface area (Å²) in [5.74, 6) is -1.46. The summed E-state index contributed by atoms with van der Waals surface area (Å²) >= 11 is 0. The fourth-order valence-corrected chi connectivity index (χ4v) is 6.63. The molecule has 0 rings (SSSR count). The Bertz CT molecular complexity index is 788. The standard InChI is InChI=1S/C37H73NO6S/c1-3-5-7-9-11-13-15-17-18-20-22-24-26-28-30-32-36(40)37(41)38-34(33-45(42,43)44)35(39)31-29-27-25-23-21-19-16-14-12-10-8-6-4-2/h18,20,34-36,39-40H,3-17,19,21-33H2,1-2H3,(H,38,41)(H,42,43,44)/b20-18-. The van der Waals surface area contributed by atoms with E-state index < -0.39 is 40.0 Å². The van der Waals surface area contributed by atoms with Crippen LogP contribution in [0.3, 0.4) is 0 Å². The highest BCUT2D eigenvalue weighted by Crippen LogP contribution is 2.15. The van der Waals surface area contributed by atoms with Gasteiger partial charge in [-0.1, -0.05) is 167 Å². The van der Waals surface area contributed by atoms with Gasteiger partial charge in [-0.2, -0.15) is 8.42 Å². The van der Waals surface area contributed by atoms with Crippen molar-refractivity contribution in [2.45, 2.75) is 212 Å². The van der Waals surface area contributed by atoms with E-state index in [1.807, 2.05) is 0 Å². The Morgan fingerprint density at radius 3 is 1.33 bits per heavy atom. The predicted molar refractivity (Wildman–Crippen MR) is 190 cm³/mol. The van der Waals surface area contributed by atoms with Gasteiger partial charge in [0.15, 0.2) is 0 Å². The number of carbonyl (C=O) groups is 1. The Balaban J connectivity index is 4.05. The molecule has 4 N–H and O–H groups in total. The molecule has 0 radical (unpaired) electrons. The zero-order valence-electron chi connectivity index (χ0n) is 29.4. The summed E-state index contributed by atoms with van der Waals surface area (Å²) in [6.07, 6.45) is 33.7. The van der Waals surface area contributed by atoms with Crippen LogP contribution in [-0.4, -0.2) is 53.1 Å². The molecule has 0 fully saturated rings. The van der Waals surface area contributed by atoms with E-state index in [1.54, 1.807) is 0 Å². The maximum absolute atomic E-state index is 12.6. The van der Waals surface area contributed by atoms with Crippen LogP contribution in [0.4, 0.5) is 0 Å². The van der Waals surface area contributed by atoms with Gasteiger partial charge in [-0.3, -0.25) is 9.35 Å². The largest absolute Gasteiger partial charge is 0.391 e. The molecule has 0 aromatic rings. The number of amides is 1. The van der Waals surface area contributed by atoms with Crippen LogP contribution in [-0.2, 0) is 14.9 Å². The summed E-state index contributed by atoms with van der Waals surface area (Å²) in [5, 5.41) is 23.4. The molecule has 45 heavy (non-hydrogen) atoms. The van der Waals surface area contributed by atoms with Crippen LogP contribution >= 0.6 is 0 Å². The van der Waals surface area contributed by atoms with Crippen molar-refractivity contribution in [2.75, 3.05) is 5.75 Å². The van der Waals surface area contributed by atoms with Crippen molar-refractivity contribution in [1.29, 1.82) is 0 Å². The minimum Gasteiger partial charge on any atom is -0.391 e. The number of hydrogen-bond acceptors (Lipinski definition) is 5. The first-order valence-electron chi connectivity index (χ1n) is 19.0. The van der Waals surface area contributed by atoms with Gasteiger partial charge in [0.1, 0.15) is 6.10 Å². The average molecular weight is 660 g/mol. The van der Waals surface area contributed by atoms with E-state index in [9.17, 15) is 28.0 Å². The Morgan fingerprint density at radius 1 is 0.578 bits per heavy atom. The van der Waals surface area contributed by atoms with Crippen molar-refractivity contribution in [1.82, 2.24) is 5.32 Å². The molecule has 268 valence electrons. The number of carbonyl (C=O) groups excluding carboxylic acids is 1. The summed E-state index contributed by atoms with van der Waals surface area (Å²) < 4.78 is 32.4. The molecule has 7 nitrogen and oxygen atoms in total. The van der Waals surface area contributed by atoms with Gasteiger partial charge in [0.25, 0.3) is 10.1 Å². The van der Waals surface area contributed by atoms with E-state index in [4.69, 9.17) is 0 Å². The molecule has 0 aliphatic rings. The fourth-order valence-electron chi connectivity index (χ4n) is 5.87. The molecule has 0 aliphatic heterocycles. The van der Waals surface area contributed by atoms with Crippen LogP contribution in [0.25, 0.3) is 0 Å². The first kappa shape index (κ1) is 44.0. The fraction of sp³-hybridized carbons (Fsp3) is 0.919. The minimum absolute atomic E-state index is 0.285. The molecule has 0 heterocycles. The topological polar surface area (TPSA) is 124 Å². The van der Waals surface area contributed by atoms with Crippen molar-refractivity contribution in [3.8, 4) is 0 Å². The van der Waals surface area contributed by atoms with Crippen molar-refractivity contribution < 1.29 is 28.0 Å². The lowest BCUT2D eigenvalue weighted by molar-refractivity contribution is -0.131. The Kier molecular flexibility index (Phi) is 31.0. The van der Waals surface area contributed by atoms with Gasteiger partial charge in [-0.05, 0) is 38.5 Å². The van der Waals surface area contributed by atoms with E-state index in [0.717, 1.165) is 51.4 Å². The molecule has 1 amide bonds. The SMILES string of the molecule is CCCCCCCCC/C=C\CCCCCCC(O)C(=O)NC(CS(=O)(=O)O)C(O)CCCCCCCCCCCCCCC. The van der Waals surface area contributed by atoms with Crippen LogP contribution in [0, 0.1) is 0 Å². The second-order valence-electron chi connectivity index (χ2n) is 13.4. The molecular formula is C37H73NO6S. The third kappa shape index (κ3) is 31.4. The molecule has 0 aromatic heterocycles. The lowest BCUT2D eigenvalue weighted by Gasteiger charge is -2.24. The normalized spacial score (nSPS) is 14.2. The number of nitrogens with one attached hydrogen (secondary N) is 1. The van der Waals surface area contributed by atoms with E-state index in [-0.39, 0.29) is 6.42 Å². The second kappa shape index (κ2) is 31.6. The molecule has 0 bridgehead atoms. The maximum Gasteiger partial charge on any atom is 0.266 e. The minimum atomic E-state index is -4.40. The quantitative estimate of drug-likeness (QED) is 0.0310. The number of aliphatic hydroxyl groups excluding tert-OH is 2. The Morgan fingerprint density at radius 2 is 0.933 bits per heavy atom. The summed E-state index contributed by atoms with van der Waals surface area (Å²) in [4.78, 5) is 12.6. The predicted octanol–water partition coefficient (Wildman–Crippen LogP) is 9.60. The summed E-state index contributed by atoms with van der Waals surface area (Å²) in [5.41, 5.74) is 0. The smallest absolute Gasteiger partial charge is 0.266 e. The van der Waals surface area contributed by atoms with Crippen molar-refractivity contribution in [3.05, 3.63) is 12.2 Å². The van der Waals surface area contributed by atoms with Crippen LogP contribution in [0.5, 0.6) is 0 Å². The number of hydrogen-bond donors (Lipinski definition) is 4. The second-order valence-corrected chi connectivity index (χ2v) is 14.8. The van der Waals surface area contributed by atoms with E-state index >= 15 is 0 Å². The molecule has 0 spiro atoms. The molecule has 8 heteroatoms. The van der Waals surface area contributed by atoms with Crippen molar-refractivity contribution >= 4 is 16.0 Å². The average Bonchev–Trinajstić information content (AvgIpc) is 3.00. The molecule has 3 unspecified atom stereocenters. The first-order chi connectivity index (χ1) is 21.7. The van der Waals surface area contributed by atoms with Crippen LogP contribution in [0.1, 0.15) is 194 Å². The van der Waals surface area contributed by atoms with Gasteiger partial charge in [-0.25, -0.2) is 0 Å². The zero-order valence-corrected chi connectivity index (χ0v) is 30.2. The lowest BCUT2D eigenvalue weighted by atomic mass is 10.0. The number of rotatable bonds is 34. The van der Waals surface area contributed by atoms with Gasteiger partial charge in [0.2, 0.25) is 5.91 Å². The number of unbranched alkanes of at least 4 members (excludes halogenated alkanes) is 23. The maximum atomic E-state index is 12.6. The summed E-state index contributed by atoms with van der Waals surface area (Å²) in [6.45, 7) is 4.49. The Hall–Kier alpha value is -0.960.